The van der Waals surface area contributed by atoms with Crippen LogP contribution in [0.1, 0.15) is 11.1 Å². The predicted molar refractivity (Wildman–Crippen MR) is 233 cm³/mol. The first-order valence-electron chi connectivity index (χ1n) is 18.8. The van der Waals surface area contributed by atoms with E-state index in [9.17, 15) is 0 Å². The summed E-state index contributed by atoms with van der Waals surface area (Å²) in [5.41, 5.74) is 15.3. The molecule has 0 aromatic heterocycles. The van der Waals surface area contributed by atoms with Crippen LogP contribution in [0.2, 0.25) is 0 Å². The highest BCUT2D eigenvalue weighted by atomic mass is 14.3. The third-order valence-electron chi connectivity index (χ3n) is 11.4. The first-order chi connectivity index (χ1) is 26.8. The monoisotopic (exact) mass is 682 g/mol. The molecule has 0 N–H and O–H groups in total. The number of rotatable bonds is 5. The SMILES string of the molecule is C(=Cc1ccc(-c2c3ccccc3c(-c3ccc4c5c(cccc35)-c3ccccc3-4)c3ccccc23)cc1)c1ccc(-c2cccc3ccccc23)cc1. The van der Waals surface area contributed by atoms with Gasteiger partial charge in [0.05, 0.1) is 0 Å². The average molecular weight is 683 g/mol. The van der Waals surface area contributed by atoms with Crippen LogP contribution in [0.3, 0.4) is 0 Å². The van der Waals surface area contributed by atoms with Crippen LogP contribution in [0.5, 0.6) is 0 Å². The molecule has 1 aliphatic rings. The van der Waals surface area contributed by atoms with Crippen molar-refractivity contribution in [3.63, 3.8) is 0 Å². The summed E-state index contributed by atoms with van der Waals surface area (Å²) in [6, 6.07) is 71.3. The molecule has 54 heavy (non-hydrogen) atoms. The summed E-state index contributed by atoms with van der Waals surface area (Å²) in [6.07, 6.45) is 4.42. The molecule has 0 atom stereocenters. The van der Waals surface area contributed by atoms with Gasteiger partial charge in [-0.3, -0.25) is 0 Å². The minimum atomic E-state index is 1.18. The maximum absolute atomic E-state index is 2.36. The van der Waals surface area contributed by atoms with Gasteiger partial charge < -0.3 is 0 Å². The summed E-state index contributed by atoms with van der Waals surface area (Å²) in [5, 5.41) is 10.3. The van der Waals surface area contributed by atoms with Crippen LogP contribution in [0.25, 0.3) is 111 Å². The van der Waals surface area contributed by atoms with E-state index in [2.05, 4.69) is 206 Å². The molecular weight excluding hydrogens is 649 g/mol. The lowest BCUT2D eigenvalue weighted by molar-refractivity contribution is 1.62. The highest BCUT2D eigenvalue weighted by Crippen LogP contribution is 2.51. The van der Waals surface area contributed by atoms with E-state index in [1.165, 1.54) is 110 Å². The lowest BCUT2D eigenvalue weighted by atomic mass is 9.84. The maximum atomic E-state index is 2.36. The Bertz CT molecular complexity index is 3030. The predicted octanol–water partition coefficient (Wildman–Crippen LogP) is 15.1. The maximum Gasteiger partial charge on any atom is -0.00201 e. The molecule has 10 aromatic rings. The molecule has 0 saturated carbocycles. The fourth-order valence-corrected chi connectivity index (χ4v) is 8.96. The van der Waals surface area contributed by atoms with E-state index in [0.717, 1.165) is 0 Å². The zero-order chi connectivity index (χ0) is 35.6. The molecular formula is C54H34. The molecule has 0 saturated heterocycles. The number of fused-ring (bicyclic) bond motifs is 6. The summed E-state index contributed by atoms with van der Waals surface area (Å²) in [4.78, 5) is 0. The van der Waals surface area contributed by atoms with Gasteiger partial charge in [-0.2, -0.15) is 0 Å². The van der Waals surface area contributed by atoms with Gasteiger partial charge >= 0.3 is 0 Å². The Morgan fingerprint density at radius 3 is 1.31 bits per heavy atom. The van der Waals surface area contributed by atoms with Crippen molar-refractivity contribution < 1.29 is 0 Å². The molecule has 0 nitrogen and oxygen atoms in total. The Hall–Kier alpha value is -7.02. The van der Waals surface area contributed by atoms with E-state index in [-0.39, 0.29) is 0 Å². The zero-order valence-corrected chi connectivity index (χ0v) is 29.6. The Kier molecular flexibility index (Phi) is 6.97. The smallest absolute Gasteiger partial charge is 0.00201 e. The summed E-state index contributed by atoms with van der Waals surface area (Å²) < 4.78 is 0. The normalized spacial score (nSPS) is 12.0. The molecule has 1 aliphatic carbocycles. The first-order valence-corrected chi connectivity index (χ1v) is 18.8. The molecule has 11 rings (SSSR count). The Morgan fingerprint density at radius 2 is 0.667 bits per heavy atom. The second-order valence-corrected chi connectivity index (χ2v) is 14.4. The highest BCUT2D eigenvalue weighted by molar-refractivity contribution is 6.26. The van der Waals surface area contributed by atoms with Gasteiger partial charge in [0.15, 0.2) is 0 Å². The summed E-state index contributed by atoms with van der Waals surface area (Å²) in [6.45, 7) is 0. The van der Waals surface area contributed by atoms with Gasteiger partial charge in [0.1, 0.15) is 0 Å². The van der Waals surface area contributed by atoms with Gasteiger partial charge in [-0.15, -0.1) is 0 Å². The van der Waals surface area contributed by atoms with Gasteiger partial charge in [-0.25, -0.2) is 0 Å². The van der Waals surface area contributed by atoms with Crippen molar-refractivity contribution in [3.05, 3.63) is 205 Å². The first kappa shape index (κ1) is 30.6. The minimum Gasteiger partial charge on any atom is -0.0616 e. The molecule has 0 bridgehead atoms. The molecule has 0 radical (unpaired) electrons. The molecule has 0 fully saturated rings. The molecule has 0 aliphatic heterocycles. The van der Waals surface area contributed by atoms with Crippen LogP contribution < -0.4 is 0 Å². The molecule has 0 heterocycles. The Balaban J connectivity index is 0.979. The number of hydrogen-bond acceptors (Lipinski definition) is 0. The fraction of sp³-hybridized carbons (Fsp3) is 0. The van der Waals surface area contributed by atoms with Crippen LogP contribution in [-0.4, -0.2) is 0 Å². The van der Waals surface area contributed by atoms with Crippen molar-refractivity contribution in [3.8, 4) is 55.6 Å². The minimum absolute atomic E-state index is 1.18. The summed E-state index contributed by atoms with van der Waals surface area (Å²) >= 11 is 0. The average Bonchev–Trinajstić information content (AvgIpc) is 3.57. The summed E-state index contributed by atoms with van der Waals surface area (Å²) in [7, 11) is 0. The third-order valence-corrected chi connectivity index (χ3v) is 11.4. The van der Waals surface area contributed by atoms with E-state index in [4.69, 9.17) is 0 Å². The topological polar surface area (TPSA) is 0 Å². The fourth-order valence-electron chi connectivity index (χ4n) is 8.96. The van der Waals surface area contributed by atoms with Crippen molar-refractivity contribution in [2.24, 2.45) is 0 Å². The van der Waals surface area contributed by atoms with E-state index < -0.39 is 0 Å². The van der Waals surface area contributed by atoms with Crippen molar-refractivity contribution in [2.45, 2.75) is 0 Å². The quantitative estimate of drug-likeness (QED) is 0.125. The lowest BCUT2D eigenvalue weighted by Crippen LogP contribution is -1.92. The van der Waals surface area contributed by atoms with Gasteiger partial charge in [-0.1, -0.05) is 206 Å². The van der Waals surface area contributed by atoms with E-state index in [1.54, 1.807) is 0 Å². The zero-order valence-electron chi connectivity index (χ0n) is 29.6. The van der Waals surface area contributed by atoms with E-state index in [0.29, 0.717) is 0 Å². The number of hydrogen-bond donors (Lipinski definition) is 0. The van der Waals surface area contributed by atoms with Crippen molar-refractivity contribution >= 4 is 55.2 Å². The van der Waals surface area contributed by atoms with Gasteiger partial charge in [0.25, 0.3) is 0 Å². The van der Waals surface area contributed by atoms with Gasteiger partial charge in [0, 0.05) is 0 Å². The molecule has 10 aromatic carbocycles. The standard InChI is InChI=1S/C54H34/c1-2-13-40-37(11-1)12-9-20-41(40)38-29-25-35(26-30-38)23-24-36-27-31-39(32-28-36)52-45-16-5-7-18-47(45)54(48-19-8-6-17-46(48)52)51-34-33-50-43-15-4-3-14-42(43)44-21-10-22-49(51)53(44)50/h1-34H. The Labute approximate surface area is 314 Å². The highest BCUT2D eigenvalue weighted by Gasteiger charge is 2.24. The van der Waals surface area contributed by atoms with Crippen molar-refractivity contribution in [1.29, 1.82) is 0 Å². The van der Waals surface area contributed by atoms with Crippen molar-refractivity contribution in [1.82, 2.24) is 0 Å². The van der Waals surface area contributed by atoms with Crippen LogP contribution in [0.15, 0.2) is 194 Å². The molecule has 0 spiro atoms. The number of benzene rings is 10. The molecule has 0 amide bonds. The molecule has 0 heteroatoms. The second kappa shape index (κ2) is 12.3. The second-order valence-electron chi connectivity index (χ2n) is 14.4. The lowest BCUT2D eigenvalue weighted by Gasteiger charge is -2.19. The van der Waals surface area contributed by atoms with Gasteiger partial charge in [0.2, 0.25) is 0 Å². The summed E-state index contributed by atoms with van der Waals surface area (Å²) in [5.74, 6) is 0. The largest absolute Gasteiger partial charge is 0.0616 e. The Morgan fingerprint density at radius 1 is 0.241 bits per heavy atom. The molecule has 250 valence electrons. The van der Waals surface area contributed by atoms with Crippen molar-refractivity contribution in [2.75, 3.05) is 0 Å². The third kappa shape index (κ3) is 4.78. The van der Waals surface area contributed by atoms with Crippen LogP contribution in [0, 0.1) is 0 Å². The van der Waals surface area contributed by atoms with Crippen LogP contribution in [-0.2, 0) is 0 Å². The van der Waals surface area contributed by atoms with Crippen LogP contribution in [0.4, 0.5) is 0 Å². The van der Waals surface area contributed by atoms with E-state index in [1.807, 2.05) is 0 Å². The van der Waals surface area contributed by atoms with Gasteiger partial charge in [-0.05, 0) is 110 Å². The molecule has 0 unspecified atom stereocenters. The van der Waals surface area contributed by atoms with Crippen LogP contribution >= 0.6 is 0 Å². The van der Waals surface area contributed by atoms with E-state index >= 15 is 0 Å².